The minimum atomic E-state index is -0.343. The lowest BCUT2D eigenvalue weighted by atomic mass is 10.1. The minimum Gasteiger partial charge on any atom is -0.449 e. The second kappa shape index (κ2) is 5.95. The molecule has 1 aliphatic rings. The van der Waals surface area contributed by atoms with Gasteiger partial charge in [0.15, 0.2) is 0 Å². The van der Waals surface area contributed by atoms with Crippen molar-refractivity contribution in [1.29, 1.82) is 0 Å². The average molecular weight is 215 g/mol. The number of nitrogens with one attached hydrogen (secondary N) is 1. The van der Waals surface area contributed by atoms with Crippen LogP contribution in [0.1, 0.15) is 33.1 Å². The van der Waals surface area contributed by atoms with E-state index in [2.05, 4.69) is 5.32 Å². The molecule has 0 aromatic rings. The molecule has 4 heteroatoms. The van der Waals surface area contributed by atoms with Gasteiger partial charge in [-0.1, -0.05) is 13.8 Å². The summed E-state index contributed by atoms with van der Waals surface area (Å²) in [5.41, 5.74) is 0. The van der Waals surface area contributed by atoms with Crippen LogP contribution in [0.2, 0.25) is 0 Å². The maximum Gasteiger partial charge on any atom is 0.407 e. The van der Waals surface area contributed by atoms with Gasteiger partial charge in [0.05, 0.1) is 12.7 Å². The zero-order valence-corrected chi connectivity index (χ0v) is 9.53. The van der Waals surface area contributed by atoms with E-state index in [0.29, 0.717) is 25.0 Å². The average Bonchev–Trinajstić information content (AvgIpc) is 2.58. The van der Waals surface area contributed by atoms with Crippen molar-refractivity contribution in [3.63, 3.8) is 0 Å². The number of carbonyl (C=O) groups excluding carboxylic acids is 1. The maximum atomic E-state index is 11.2. The molecule has 1 rings (SSSR count). The summed E-state index contributed by atoms with van der Waals surface area (Å²) in [6, 6.07) is 0. The predicted molar refractivity (Wildman–Crippen MR) is 57.5 cm³/mol. The quantitative estimate of drug-likeness (QED) is 0.747. The molecule has 1 saturated carbocycles. The number of amides is 1. The van der Waals surface area contributed by atoms with E-state index in [4.69, 9.17) is 4.74 Å². The summed E-state index contributed by atoms with van der Waals surface area (Å²) in [6.45, 7) is 5.08. The third-order valence-electron chi connectivity index (χ3n) is 2.60. The Morgan fingerprint density at radius 2 is 2.27 bits per heavy atom. The first kappa shape index (κ1) is 12.3. The largest absolute Gasteiger partial charge is 0.449 e. The van der Waals surface area contributed by atoms with E-state index >= 15 is 0 Å². The first-order chi connectivity index (χ1) is 7.08. The van der Waals surface area contributed by atoms with Crippen LogP contribution in [-0.2, 0) is 4.74 Å². The van der Waals surface area contributed by atoms with Crippen LogP contribution in [0.5, 0.6) is 0 Å². The maximum absolute atomic E-state index is 11.2. The molecule has 0 spiro atoms. The lowest BCUT2D eigenvalue weighted by Gasteiger charge is -2.12. The molecule has 0 heterocycles. The molecule has 4 nitrogen and oxygen atoms in total. The standard InChI is InChI=1S/C11H21NO3/c1-8(2)7-15-11(14)12-6-9-3-4-10(13)5-9/h8-10,13H,3-7H2,1-2H3,(H,12,14). The van der Waals surface area contributed by atoms with Gasteiger partial charge in [0, 0.05) is 6.54 Å². The summed E-state index contributed by atoms with van der Waals surface area (Å²) < 4.78 is 4.98. The molecule has 0 radical (unpaired) electrons. The highest BCUT2D eigenvalue weighted by Gasteiger charge is 2.23. The van der Waals surface area contributed by atoms with E-state index in [1.165, 1.54) is 0 Å². The molecule has 2 N–H and O–H groups in total. The van der Waals surface area contributed by atoms with Crippen LogP contribution in [0.15, 0.2) is 0 Å². The normalized spacial score (nSPS) is 25.6. The van der Waals surface area contributed by atoms with Gasteiger partial charge in [-0.3, -0.25) is 0 Å². The van der Waals surface area contributed by atoms with Gasteiger partial charge in [-0.15, -0.1) is 0 Å². The third kappa shape index (κ3) is 5.02. The topological polar surface area (TPSA) is 58.6 Å². The molecular formula is C11H21NO3. The number of alkyl carbamates (subject to hydrolysis) is 1. The number of rotatable bonds is 4. The summed E-state index contributed by atoms with van der Waals surface area (Å²) in [4.78, 5) is 11.2. The van der Waals surface area contributed by atoms with Gasteiger partial charge >= 0.3 is 6.09 Å². The van der Waals surface area contributed by atoms with Gasteiger partial charge in [0.1, 0.15) is 0 Å². The first-order valence-corrected chi connectivity index (χ1v) is 5.66. The molecule has 0 aromatic carbocycles. The fraction of sp³-hybridized carbons (Fsp3) is 0.909. The number of hydrogen-bond acceptors (Lipinski definition) is 3. The van der Waals surface area contributed by atoms with E-state index < -0.39 is 0 Å². The van der Waals surface area contributed by atoms with Crippen molar-refractivity contribution in [3.05, 3.63) is 0 Å². The SMILES string of the molecule is CC(C)COC(=O)NCC1CCC(O)C1. The molecule has 1 aliphatic carbocycles. The Morgan fingerprint density at radius 1 is 1.53 bits per heavy atom. The molecule has 1 fully saturated rings. The third-order valence-corrected chi connectivity index (χ3v) is 2.60. The molecule has 88 valence electrons. The monoisotopic (exact) mass is 215 g/mol. The fourth-order valence-corrected chi connectivity index (χ4v) is 1.76. The van der Waals surface area contributed by atoms with Crippen LogP contribution in [0.25, 0.3) is 0 Å². The molecule has 0 saturated heterocycles. The van der Waals surface area contributed by atoms with Crippen LogP contribution < -0.4 is 5.32 Å². The summed E-state index contributed by atoms with van der Waals surface area (Å²) in [6.07, 6.45) is 2.12. The zero-order valence-electron chi connectivity index (χ0n) is 9.53. The molecule has 15 heavy (non-hydrogen) atoms. The second-order valence-corrected chi connectivity index (χ2v) is 4.71. The predicted octanol–water partition coefficient (Wildman–Crippen LogP) is 1.53. The number of ether oxygens (including phenoxy) is 1. The Bertz CT molecular complexity index is 206. The van der Waals surface area contributed by atoms with E-state index in [1.807, 2.05) is 13.8 Å². The van der Waals surface area contributed by atoms with Crippen molar-refractivity contribution in [2.45, 2.75) is 39.2 Å². The summed E-state index contributed by atoms with van der Waals surface area (Å²) >= 11 is 0. The van der Waals surface area contributed by atoms with Gasteiger partial charge in [0.2, 0.25) is 0 Å². The Balaban J connectivity index is 2.06. The summed E-state index contributed by atoms with van der Waals surface area (Å²) in [5.74, 6) is 0.774. The van der Waals surface area contributed by atoms with Crippen molar-refractivity contribution in [2.24, 2.45) is 11.8 Å². The van der Waals surface area contributed by atoms with Gasteiger partial charge < -0.3 is 15.2 Å². The molecular weight excluding hydrogens is 194 g/mol. The molecule has 0 bridgehead atoms. The van der Waals surface area contributed by atoms with Crippen molar-refractivity contribution in [1.82, 2.24) is 5.32 Å². The van der Waals surface area contributed by atoms with Crippen molar-refractivity contribution < 1.29 is 14.6 Å². The number of hydrogen-bond donors (Lipinski definition) is 2. The second-order valence-electron chi connectivity index (χ2n) is 4.71. The Kier molecular flexibility index (Phi) is 4.88. The zero-order chi connectivity index (χ0) is 11.3. The van der Waals surface area contributed by atoms with Crippen LogP contribution in [-0.4, -0.2) is 30.5 Å². The van der Waals surface area contributed by atoms with E-state index in [9.17, 15) is 9.90 Å². The molecule has 2 atom stereocenters. The lowest BCUT2D eigenvalue weighted by molar-refractivity contribution is 0.130. The number of carbonyl (C=O) groups is 1. The van der Waals surface area contributed by atoms with Crippen LogP contribution in [0, 0.1) is 11.8 Å². The van der Waals surface area contributed by atoms with Crippen LogP contribution in [0.3, 0.4) is 0 Å². The first-order valence-electron chi connectivity index (χ1n) is 5.66. The van der Waals surface area contributed by atoms with E-state index in [1.54, 1.807) is 0 Å². The molecule has 2 unspecified atom stereocenters. The van der Waals surface area contributed by atoms with E-state index in [-0.39, 0.29) is 12.2 Å². The van der Waals surface area contributed by atoms with Crippen molar-refractivity contribution in [2.75, 3.05) is 13.2 Å². The number of aliphatic hydroxyl groups excluding tert-OH is 1. The van der Waals surface area contributed by atoms with Gasteiger partial charge in [-0.2, -0.15) is 0 Å². The highest BCUT2D eigenvalue weighted by atomic mass is 16.5. The minimum absolute atomic E-state index is 0.177. The fourth-order valence-electron chi connectivity index (χ4n) is 1.76. The summed E-state index contributed by atoms with van der Waals surface area (Å²) in [7, 11) is 0. The molecule has 0 aliphatic heterocycles. The highest BCUT2D eigenvalue weighted by molar-refractivity contribution is 5.67. The van der Waals surface area contributed by atoms with Gasteiger partial charge in [0.25, 0.3) is 0 Å². The van der Waals surface area contributed by atoms with Gasteiger partial charge in [-0.05, 0) is 31.1 Å². The smallest absolute Gasteiger partial charge is 0.407 e. The van der Waals surface area contributed by atoms with Crippen molar-refractivity contribution in [3.8, 4) is 0 Å². The number of aliphatic hydroxyl groups is 1. The Hall–Kier alpha value is -0.770. The Morgan fingerprint density at radius 3 is 2.80 bits per heavy atom. The molecule has 1 amide bonds. The van der Waals surface area contributed by atoms with Crippen LogP contribution >= 0.6 is 0 Å². The van der Waals surface area contributed by atoms with Crippen LogP contribution in [0.4, 0.5) is 4.79 Å². The summed E-state index contributed by atoms with van der Waals surface area (Å²) in [5, 5.41) is 12.0. The Labute approximate surface area is 91.0 Å². The highest BCUT2D eigenvalue weighted by Crippen LogP contribution is 2.24. The van der Waals surface area contributed by atoms with Gasteiger partial charge in [-0.25, -0.2) is 4.79 Å². The lowest BCUT2D eigenvalue weighted by Crippen LogP contribution is -2.30. The molecule has 0 aromatic heterocycles. The van der Waals surface area contributed by atoms with E-state index in [0.717, 1.165) is 19.3 Å². The van der Waals surface area contributed by atoms with Crippen molar-refractivity contribution >= 4 is 6.09 Å².